The Balaban J connectivity index is 1.69. The van der Waals surface area contributed by atoms with Crippen LogP contribution < -0.4 is 5.56 Å². The topological polar surface area (TPSA) is 47.8 Å². The van der Waals surface area contributed by atoms with Crippen LogP contribution in [0.2, 0.25) is 5.15 Å². The zero-order valence-corrected chi connectivity index (χ0v) is 15.1. The number of aromatic nitrogens is 3. The fraction of sp³-hybridized carbons (Fsp3) is 0.118. The lowest BCUT2D eigenvalue weighted by molar-refractivity contribution is 0.728. The number of hydrogen-bond acceptors (Lipinski definition) is 5. The predicted octanol–water partition coefficient (Wildman–Crippen LogP) is 4.49. The quantitative estimate of drug-likeness (QED) is 0.301. The molecule has 0 aliphatic heterocycles. The Morgan fingerprint density at radius 2 is 2.08 bits per heavy atom. The van der Waals surface area contributed by atoms with E-state index in [1.54, 1.807) is 11.6 Å². The minimum absolute atomic E-state index is 0.0218. The van der Waals surface area contributed by atoms with Crippen LogP contribution in [0.4, 0.5) is 0 Å². The number of para-hydroxylation sites is 1. The van der Waals surface area contributed by atoms with E-state index in [4.69, 9.17) is 11.6 Å². The van der Waals surface area contributed by atoms with Crippen molar-refractivity contribution in [3.05, 3.63) is 62.8 Å². The van der Waals surface area contributed by atoms with Crippen LogP contribution in [-0.4, -0.2) is 14.5 Å². The molecule has 1 aromatic carbocycles. The summed E-state index contributed by atoms with van der Waals surface area (Å²) >= 11 is 9.27. The fourth-order valence-corrected chi connectivity index (χ4v) is 4.53. The molecule has 120 valence electrons. The highest BCUT2D eigenvalue weighted by Gasteiger charge is 2.11. The van der Waals surface area contributed by atoms with Crippen molar-refractivity contribution < 1.29 is 0 Å². The third kappa shape index (κ3) is 2.70. The highest BCUT2D eigenvalue weighted by Crippen LogP contribution is 2.28. The Labute approximate surface area is 151 Å². The van der Waals surface area contributed by atoms with E-state index >= 15 is 0 Å². The molecule has 4 nitrogen and oxygen atoms in total. The van der Waals surface area contributed by atoms with Crippen molar-refractivity contribution >= 4 is 55.8 Å². The molecule has 0 saturated carbocycles. The van der Waals surface area contributed by atoms with Gasteiger partial charge >= 0.3 is 0 Å². The van der Waals surface area contributed by atoms with Crippen LogP contribution in [0.1, 0.15) is 5.56 Å². The first-order valence-electron chi connectivity index (χ1n) is 7.24. The van der Waals surface area contributed by atoms with Crippen molar-refractivity contribution in [1.29, 1.82) is 0 Å². The number of pyridine rings is 1. The monoisotopic (exact) mass is 373 g/mol. The van der Waals surface area contributed by atoms with Crippen molar-refractivity contribution in [3.63, 3.8) is 0 Å². The van der Waals surface area contributed by atoms with E-state index in [0.717, 1.165) is 21.3 Å². The molecular formula is C17H12ClN3OS2. The number of nitrogens with zero attached hydrogens (tertiary/aromatic N) is 3. The van der Waals surface area contributed by atoms with Crippen LogP contribution in [-0.2, 0) is 12.8 Å². The summed E-state index contributed by atoms with van der Waals surface area (Å²) in [5, 5.41) is 4.77. The summed E-state index contributed by atoms with van der Waals surface area (Å²) in [6.45, 7) is 0. The summed E-state index contributed by atoms with van der Waals surface area (Å²) in [5.74, 6) is 0.605. The third-order valence-electron chi connectivity index (χ3n) is 3.77. The van der Waals surface area contributed by atoms with Crippen LogP contribution >= 0.6 is 34.7 Å². The van der Waals surface area contributed by atoms with E-state index in [0.29, 0.717) is 21.4 Å². The van der Waals surface area contributed by atoms with Crippen LogP contribution in [0.3, 0.4) is 0 Å². The SMILES string of the molecule is Cn1c(SCc2cc3ccccc3nc2Cl)nc2sccc2c1=O. The van der Waals surface area contributed by atoms with Gasteiger partial charge in [0.25, 0.3) is 5.56 Å². The molecule has 4 aromatic rings. The van der Waals surface area contributed by atoms with Crippen molar-refractivity contribution in [1.82, 2.24) is 14.5 Å². The second-order valence-corrected chi connectivity index (χ2v) is 7.51. The molecule has 0 radical (unpaired) electrons. The van der Waals surface area contributed by atoms with Crippen molar-refractivity contribution in [2.45, 2.75) is 10.9 Å². The molecule has 0 fully saturated rings. The molecule has 0 atom stereocenters. The first-order chi connectivity index (χ1) is 11.6. The van der Waals surface area contributed by atoms with Gasteiger partial charge in [0.2, 0.25) is 0 Å². The highest BCUT2D eigenvalue weighted by molar-refractivity contribution is 7.98. The smallest absolute Gasteiger partial charge is 0.262 e. The van der Waals surface area contributed by atoms with Crippen molar-refractivity contribution in [2.24, 2.45) is 7.05 Å². The maximum atomic E-state index is 12.3. The lowest BCUT2D eigenvalue weighted by Gasteiger charge is -2.08. The number of thioether (sulfide) groups is 1. The molecule has 3 heterocycles. The van der Waals surface area contributed by atoms with E-state index in [9.17, 15) is 4.79 Å². The zero-order valence-electron chi connectivity index (χ0n) is 12.7. The molecule has 4 rings (SSSR count). The van der Waals surface area contributed by atoms with Crippen LogP contribution in [0.15, 0.2) is 51.7 Å². The number of rotatable bonds is 3. The lowest BCUT2D eigenvalue weighted by atomic mass is 10.2. The number of halogens is 1. The molecule has 0 saturated heterocycles. The Morgan fingerprint density at radius 1 is 1.25 bits per heavy atom. The Kier molecular flexibility index (Phi) is 4.04. The van der Waals surface area contributed by atoms with Gasteiger partial charge in [0.15, 0.2) is 5.16 Å². The van der Waals surface area contributed by atoms with Crippen LogP contribution in [0.5, 0.6) is 0 Å². The molecular weight excluding hydrogens is 362 g/mol. The van der Waals surface area contributed by atoms with E-state index in [-0.39, 0.29) is 5.56 Å². The Hall–Kier alpha value is -1.89. The standard InChI is InChI=1S/C17H12ClN3OS2/c1-21-16(22)12-6-7-23-15(12)20-17(21)24-9-11-8-10-4-2-3-5-13(10)19-14(11)18/h2-8H,9H2,1H3. The molecule has 0 unspecified atom stereocenters. The maximum Gasteiger partial charge on any atom is 0.262 e. The predicted molar refractivity (Wildman–Crippen MR) is 101 cm³/mol. The normalized spacial score (nSPS) is 11.4. The van der Waals surface area contributed by atoms with Gasteiger partial charge in [0.05, 0.1) is 10.9 Å². The van der Waals surface area contributed by atoms with Gasteiger partial charge in [-0.25, -0.2) is 9.97 Å². The number of fused-ring (bicyclic) bond motifs is 2. The minimum atomic E-state index is -0.0218. The van der Waals surface area contributed by atoms with Crippen LogP contribution in [0.25, 0.3) is 21.1 Å². The lowest BCUT2D eigenvalue weighted by Crippen LogP contribution is -2.19. The van der Waals surface area contributed by atoms with Gasteiger partial charge in [-0.05, 0) is 23.6 Å². The van der Waals surface area contributed by atoms with Gasteiger partial charge in [0.1, 0.15) is 9.98 Å². The Bertz CT molecular complexity index is 1120. The molecule has 3 aromatic heterocycles. The van der Waals surface area contributed by atoms with Gasteiger partial charge in [-0.1, -0.05) is 41.6 Å². The largest absolute Gasteiger partial charge is 0.290 e. The molecule has 7 heteroatoms. The summed E-state index contributed by atoms with van der Waals surface area (Å²) in [6, 6.07) is 11.7. The van der Waals surface area contributed by atoms with E-state index in [1.807, 2.05) is 41.8 Å². The van der Waals surface area contributed by atoms with E-state index in [2.05, 4.69) is 9.97 Å². The highest BCUT2D eigenvalue weighted by atomic mass is 35.5. The maximum absolute atomic E-state index is 12.3. The third-order valence-corrected chi connectivity index (χ3v) is 5.98. The number of thiophene rings is 1. The number of hydrogen-bond donors (Lipinski definition) is 0. The summed E-state index contributed by atoms with van der Waals surface area (Å²) < 4.78 is 1.59. The molecule has 0 N–H and O–H groups in total. The van der Waals surface area contributed by atoms with Crippen molar-refractivity contribution in [2.75, 3.05) is 0 Å². The van der Waals surface area contributed by atoms with Crippen LogP contribution in [0, 0.1) is 0 Å². The molecule has 0 bridgehead atoms. The summed E-state index contributed by atoms with van der Waals surface area (Å²) in [7, 11) is 1.75. The first kappa shape index (κ1) is 15.6. The molecule has 0 aliphatic rings. The van der Waals surface area contributed by atoms with Crippen molar-refractivity contribution in [3.8, 4) is 0 Å². The van der Waals surface area contributed by atoms with Gasteiger partial charge in [-0.2, -0.15) is 0 Å². The second kappa shape index (κ2) is 6.20. The van der Waals surface area contributed by atoms with E-state index in [1.165, 1.54) is 23.1 Å². The average Bonchev–Trinajstić information content (AvgIpc) is 3.05. The van der Waals surface area contributed by atoms with E-state index < -0.39 is 0 Å². The van der Waals surface area contributed by atoms with Gasteiger partial charge in [-0.3, -0.25) is 9.36 Å². The summed E-state index contributed by atoms with van der Waals surface area (Å²) in [6.07, 6.45) is 0. The fourth-order valence-electron chi connectivity index (χ4n) is 2.49. The molecule has 0 aliphatic carbocycles. The number of benzene rings is 1. The summed E-state index contributed by atoms with van der Waals surface area (Å²) in [5.41, 5.74) is 1.79. The zero-order chi connectivity index (χ0) is 16.7. The molecule has 24 heavy (non-hydrogen) atoms. The summed E-state index contributed by atoms with van der Waals surface area (Å²) in [4.78, 5) is 22.1. The minimum Gasteiger partial charge on any atom is -0.290 e. The van der Waals surface area contributed by atoms with Gasteiger partial charge < -0.3 is 0 Å². The first-order valence-corrected chi connectivity index (χ1v) is 9.49. The van der Waals surface area contributed by atoms with Gasteiger partial charge in [0, 0.05) is 23.8 Å². The average molecular weight is 374 g/mol. The second-order valence-electron chi connectivity index (χ2n) is 5.32. The molecule has 0 amide bonds. The Morgan fingerprint density at radius 3 is 2.96 bits per heavy atom. The molecule has 0 spiro atoms. The van der Waals surface area contributed by atoms with Gasteiger partial charge in [-0.15, -0.1) is 11.3 Å².